The molecule has 0 radical (unpaired) electrons. The van der Waals surface area contributed by atoms with Gasteiger partial charge in [0.2, 0.25) is 5.91 Å². The van der Waals surface area contributed by atoms with E-state index in [1.54, 1.807) is 0 Å². The monoisotopic (exact) mass is 362 g/mol. The highest BCUT2D eigenvalue weighted by atomic mass is 32.2. The van der Waals surface area contributed by atoms with Crippen LogP contribution in [0.4, 0.5) is 5.69 Å². The lowest BCUT2D eigenvalue weighted by Crippen LogP contribution is -2.41. The summed E-state index contributed by atoms with van der Waals surface area (Å²) in [6.07, 6.45) is 4.51. The number of piperidine rings is 1. The maximum atomic E-state index is 12.5. The second kappa shape index (κ2) is 7.37. The molecule has 134 valence electrons. The molecule has 25 heavy (non-hydrogen) atoms. The van der Waals surface area contributed by atoms with Crippen LogP contribution in [0.2, 0.25) is 0 Å². The lowest BCUT2D eigenvalue weighted by molar-refractivity contribution is -0.120. The third kappa shape index (κ3) is 3.74. The molecule has 0 unspecified atom stereocenters. The molecule has 0 atom stereocenters. The Kier molecular flexibility index (Phi) is 5.19. The van der Waals surface area contributed by atoms with Crippen molar-refractivity contribution in [3.63, 3.8) is 0 Å². The maximum absolute atomic E-state index is 12.5. The van der Waals surface area contributed by atoms with Crippen molar-refractivity contribution in [3.05, 3.63) is 42.4 Å². The lowest BCUT2D eigenvalue weighted by Gasteiger charge is -2.30. The molecule has 8 heteroatoms. The number of aromatic amines is 1. The van der Waals surface area contributed by atoms with Crippen molar-refractivity contribution in [2.45, 2.75) is 31.2 Å². The topological polar surface area (TPSA) is 95.2 Å². The van der Waals surface area contributed by atoms with Gasteiger partial charge in [-0.25, -0.2) is 13.4 Å². The molecule has 2 aromatic rings. The van der Waals surface area contributed by atoms with E-state index in [-0.39, 0.29) is 16.9 Å². The van der Waals surface area contributed by atoms with Gasteiger partial charge in [0.25, 0.3) is 10.0 Å². The van der Waals surface area contributed by atoms with Crippen LogP contribution >= 0.6 is 0 Å². The van der Waals surface area contributed by atoms with Crippen LogP contribution in [0.25, 0.3) is 0 Å². The van der Waals surface area contributed by atoms with Crippen molar-refractivity contribution in [1.29, 1.82) is 0 Å². The summed E-state index contributed by atoms with van der Waals surface area (Å²) in [5.41, 5.74) is 1.93. The Bertz CT molecular complexity index is 825. The van der Waals surface area contributed by atoms with E-state index < -0.39 is 10.0 Å². The number of carbonyl (C=O) groups excluding carboxylic acids is 1. The highest BCUT2D eigenvalue weighted by Crippen LogP contribution is 2.24. The van der Waals surface area contributed by atoms with Gasteiger partial charge in [-0.2, -0.15) is 4.31 Å². The van der Waals surface area contributed by atoms with Crippen molar-refractivity contribution in [2.24, 2.45) is 5.92 Å². The number of nitrogens with zero attached hydrogens (tertiary/aromatic N) is 2. The van der Waals surface area contributed by atoms with E-state index in [1.807, 2.05) is 31.2 Å². The number of benzene rings is 1. The molecule has 0 saturated carbocycles. The minimum Gasteiger partial charge on any atom is -0.335 e. The minimum atomic E-state index is -3.55. The largest absolute Gasteiger partial charge is 0.335 e. The summed E-state index contributed by atoms with van der Waals surface area (Å²) in [6, 6.07) is 7.74. The van der Waals surface area contributed by atoms with E-state index in [4.69, 9.17) is 0 Å². The summed E-state index contributed by atoms with van der Waals surface area (Å²) in [7, 11) is -3.55. The number of para-hydroxylation sites is 1. The zero-order valence-electron chi connectivity index (χ0n) is 14.1. The standard InChI is InChI=1S/C17H22N4O3S/c1-2-13-5-3-4-6-15(13)20-17(22)14-7-9-21(10-8-14)25(23,24)16-11-18-12-19-16/h3-6,11-12,14H,2,7-10H2,1H3,(H,18,19)(H,20,22). The Morgan fingerprint density at radius 3 is 2.68 bits per heavy atom. The van der Waals surface area contributed by atoms with Crippen LogP contribution < -0.4 is 5.32 Å². The summed E-state index contributed by atoms with van der Waals surface area (Å²) in [4.78, 5) is 18.9. The Morgan fingerprint density at radius 1 is 1.32 bits per heavy atom. The first-order valence-corrected chi connectivity index (χ1v) is 9.83. The van der Waals surface area contributed by atoms with Gasteiger partial charge in [0, 0.05) is 24.7 Å². The summed E-state index contributed by atoms with van der Waals surface area (Å²) in [5, 5.41) is 3.08. The van der Waals surface area contributed by atoms with Crippen molar-refractivity contribution >= 4 is 21.6 Å². The van der Waals surface area contributed by atoms with Crippen LogP contribution in [-0.4, -0.2) is 41.7 Å². The summed E-state index contributed by atoms with van der Waals surface area (Å²) >= 11 is 0. The molecular weight excluding hydrogens is 340 g/mol. The van der Waals surface area contributed by atoms with Gasteiger partial charge in [-0.05, 0) is 30.9 Å². The lowest BCUT2D eigenvalue weighted by atomic mass is 9.97. The van der Waals surface area contributed by atoms with Gasteiger partial charge < -0.3 is 10.3 Å². The fraction of sp³-hybridized carbons (Fsp3) is 0.412. The first-order chi connectivity index (χ1) is 12.0. The molecule has 2 N–H and O–H groups in total. The van der Waals surface area contributed by atoms with Crippen molar-refractivity contribution in [1.82, 2.24) is 14.3 Å². The van der Waals surface area contributed by atoms with Crippen LogP contribution in [0, 0.1) is 5.92 Å². The molecule has 1 aliphatic heterocycles. The van der Waals surface area contributed by atoms with Crippen molar-refractivity contribution in [2.75, 3.05) is 18.4 Å². The predicted octanol–water partition coefficient (Wildman–Crippen LogP) is 2.01. The van der Waals surface area contributed by atoms with Crippen LogP contribution in [0.3, 0.4) is 0 Å². The number of nitrogens with one attached hydrogen (secondary N) is 2. The van der Waals surface area contributed by atoms with Gasteiger partial charge in [0.1, 0.15) is 0 Å². The Hall–Kier alpha value is -2.19. The first kappa shape index (κ1) is 17.6. The van der Waals surface area contributed by atoms with Crippen LogP contribution in [0.15, 0.2) is 41.8 Å². The second-order valence-electron chi connectivity index (χ2n) is 6.09. The van der Waals surface area contributed by atoms with Gasteiger partial charge >= 0.3 is 0 Å². The minimum absolute atomic E-state index is 0.0421. The summed E-state index contributed by atoms with van der Waals surface area (Å²) in [6.45, 7) is 2.70. The molecular formula is C17H22N4O3S. The number of H-pyrrole nitrogens is 1. The predicted molar refractivity (Wildman–Crippen MR) is 94.5 cm³/mol. The Labute approximate surface area is 147 Å². The molecule has 1 fully saturated rings. The van der Waals surface area contributed by atoms with Gasteiger partial charge in [0.05, 0.1) is 12.5 Å². The molecule has 3 rings (SSSR count). The molecule has 1 aromatic heterocycles. The Balaban J connectivity index is 1.61. The number of amides is 1. The third-order valence-corrected chi connectivity index (χ3v) is 6.40. The fourth-order valence-corrected chi connectivity index (χ4v) is 4.43. The molecule has 7 nitrogen and oxygen atoms in total. The Morgan fingerprint density at radius 2 is 2.04 bits per heavy atom. The SMILES string of the molecule is CCc1ccccc1NC(=O)C1CCN(S(=O)(=O)c2cnc[nH]2)CC1. The average molecular weight is 362 g/mol. The van der Waals surface area contributed by atoms with Crippen molar-refractivity contribution in [3.8, 4) is 0 Å². The van der Waals surface area contributed by atoms with Crippen LogP contribution in [0.5, 0.6) is 0 Å². The highest BCUT2D eigenvalue weighted by molar-refractivity contribution is 7.89. The van der Waals surface area contributed by atoms with E-state index in [1.165, 1.54) is 16.8 Å². The summed E-state index contributed by atoms with van der Waals surface area (Å²) < 4.78 is 26.3. The van der Waals surface area contributed by atoms with E-state index in [0.29, 0.717) is 25.9 Å². The number of hydrogen-bond acceptors (Lipinski definition) is 4. The molecule has 2 heterocycles. The van der Waals surface area contributed by atoms with E-state index in [9.17, 15) is 13.2 Å². The number of rotatable bonds is 5. The molecule has 1 aliphatic rings. The second-order valence-corrected chi connectivity index (χ2v) is 8.00. The third-order valence-electron chi connectivity index (χ3n) is 4.57. The number of imidazole rings is 1. The molecule has 1 saturated heterocycles. The van der Waals surface area contributed by atoms with Crippen LogP contribution in [-0.2, 0) is 21.2 Å². The van der Waals surface area contributed by atoms with Gasteiger partial charge in [0.15, 0.2) is 5.03 Å². The first-order valence-electron chi connectivity index (χ1n) is 8.39. The zero-order valence-corrected chi connectivity index (χ0v) is 14.9. The quantitative estimate of drug-likeness (QED) is 0.850. The van der Waals surface area contributed by atoms with Gasteiger partial charge in [-0.15, -0.1) is 0 Å². The van der Waals surface area contributed by atoms with E-state index in [2.05, 4.69) is 15.3 Å². The molecule has 0 bridgehead atoms. The molecule has 0 aliphatic carbocycles. The number of carbonyl (C=O) groups is 1. The smallest absolute Gasteiger partial charge is 0.260 e. The highest BCUT2D eigenvalue weighted by Gasteiger charge is 2.32. The van der Waals surface area contributed by atoms with Crippen LogP contribution in [0.1, 0.15) is 25.3 Å². The van der Waals surface area contributed by atoms with Gasteiger partial charge in [-0.1, -0.05) is 25.1 Å². The molecule has 1 aromatic carbocycles. The zero-order chi connectivity index (χ0) is 17.9. The maximum Gasteiger partial charge on any atom is 0.260 e. The number of anilines is 1. The fourth-order valence-electron chi connectivity index (χ4n) is 3.07. The van der Waals surface area contributed by atoms with Gasteiger partial charge in [-0.3, -0.25) is 4.79 Å². The molecule has 0 spiro atoms. The number of aromatic nitrogens is 2. The average Bonchev–Trinajstić information content (AvgIpc) is 3.18. The van der Waals surface area contributed by atoms with Crippen molar-refractivity contribution < 1.29 is 13.2 Å². The number of hydrogen-bond donors (Lipinski definition) is 2. The van der Waals surface area contributed by atoms with E-state index >= 15 is 0 Å². The number of sulfonamides is 1. The van der Waals surface area contributed by atoms with E-state index in [0.717, 1.165) is 17.7 Å². The normalized spacial score (nSPS) is 16.7. The molecule has 1 amide bonds. The number of aryl methyl sites for hydroxylation is 1. The summed E-state index contributed by atoms with van der Waals surface area (Å²) in [5.74, 6) is -0.224.